The van der Waals surface area contributed by atoms with Crippen LogP contribution in [0.2, 0.25) is 4.94 Å². The monoisotopic (exact) mass is 476 g/mol. The van der Waals surface area contributed by atoms with E-state index in [0.29, 0.717) is 4.36 Å². The van der Waals surface area contributed by atoms with Gasteiger partial charge in [-0.15, -0.1) is 31.5 Å². The van der Waals surface area contributed by atoms with Gasteiger partial charge in [-0.25, -0.2) is 0 Å². The van der Waals surface area contributed by atoms with E-state index in [1.54, 1.807) is 0 Å². The van der Waals surface area contributed by atoms with Crippen LogP contribution in [0.15, 0.2) is 0 Å². The van der Waals surface area contributed by atoms with Crippen LogP contribution in [0.1, 0.15) is 13.8 Å². The molecule has 0 rings (SSSR count). The molecule has 0 nitrogen and oxygen atoms in total. The fourth-order valence-corrected chi connectivity index (χ4v) is 10.0. The molecule has 0 fully saturated rings. The van der Waals surface area contributed by atoms with Gasteiger partial charge in [0.15, 0.2) is 0 Å². The van der Waals surface area contributed by atoms with E-state index in [1.807, 2.05) is 0 Å². The minimum atomic E-state index is -1.60. The lowest BCUT2D eigenvalue weighted by Gasteiger charge is -2.31. The summed E-state index contributed by atoms with van der Waals surface area (Å²) in [5.41, 5.74) is 0. The van der Waals surface area contributed by atoms with E-state index in [0.717, 1.165) is 0 Å². The molecule has 0 aliphatic heterocycles. The average molecular weight is 480 g/mol. The molecule has 0 amide bonds. The first kappa shape index (κ1) is 12.7. The van der Waals surface area contributed by atoms with E-state index in [1.165, 1.54) is 0 Å². The van der Waals surface area contributed by atoms with Crippen molar-refractivity contribution < 1.29 is 0 Å². The van der Waals surface area contributed by atoms with Crippen LogP contribution in [0.5, 0.6) is 0 Å². The molecule has 0 saturated heterocycles. The van der Waals surface area contributed by atoms with E-state index >= 15 is 0 Å². The minimum absolute atomic E-state index is 0.160. The van der Waals surface area contributed by atoms with Crippen molar-refractivity contribution in [2.75, 3.05) is 0 Å². The summed E-state index contributed by atoms with van der Waals surface area (Å²) in [4.78, 5) is 0.160. The van der Waals surface area contributed by atoms with E-state index in [-0.39, 0.29) is 4.94 Å². The molecule has 10 heavy (non-hydrogen) atoms. The normalized spacial score (nSPS) is 13.5. The molecule has 0 aromatic carbocycles. The predicted molar refractivity (Wildman–Crippen MR) is 70.2 cm³/mol. The Balaban J connectivity index is 4.40. The lowest BCUT2D eigenvalue weighted by atomic mass is 9.89. The number of rotatable bonds is 2. The quantitative estimate of drug-likeness (QED) is 0.397. The molecule has 0 radical (unpaired) electrons. The van der Waals surface area contributed by atoms with Crippen molar-refractivity contribution in [1.29, 1.82) is 0 Å². The summed E-state index contributed by atoms with van der Waals surface area (Å²) in [6, 6.07) is 0. The van der Waals surface area contributed by atoms with Crippen LogP contribution in [-0.4, -0.2) is 8.29 Å². The molecule has 0 atom stereocenters. The largest absolute Gasteiger partial charge is 0.303 e. The Morgan fingerprint density at radius 1 is 1.10 bits per heavy atom. The molecular weight excluding hydrogens is 474 g/mol. The first-order valence-corrected chi connectivity index (χ1v) is 13.1. The molecule has 7 heteroatoms. The molecule has 0 N–H and O–H groups in total. The topological polar surface area (TPSA) is 0 Å². The van der Waals surface area contributed by atoms with Gasteiger partial charge < -0.3 is 0 Å². The third-order valence-corrected chi connectivity index (χ3v) is 15.4. The Kier molecular flexibility index (Phi) is 5.41. The first-order valence-electron chi connectivity index (χ1n) is 2.54. The van der Waals surface area contributed by atoms with Crippen LogP contribution in [0.3, 0.4) is 0 Å². The van der Waals surface area contributed by atoms with Crippen molar-refractivity contribution in [2.45, 2.75) is 18.8 Å². The molecule has 0 saturated carbocycles. The van der Waals surface area contributed by atoms with E-state index in [4.69, 9.17) is 0 Å². The van der Waals surface area contributed by atoms with Crippen LogP contribution in [0.25, 0.3) is 0 Å². The molecule has 0 unspecified atom stereocenters. The van der Waals surface area contributed by atoms with Crippen LogP contribution in [-0.2, 0) is 0 Å². The van der Waals surface area contributed by atoms with Gasteiger partial charge in [0.25, 0.3) is 3.93 Å². The summed E-state index contributed by atoms with van der Waals surface area (Å²) < 4.78 is -1.30. The summed E-state index contributed by atoms with van der Waals surface area (Å²) in [7, 11) is 0. The van der Waals surface area contributed by atoms with Gasteiger partial charge in [-0.2, -0.15) is 0 Å². The van der Waals surface area contributed by atoms with E-state index in [2.05, 4.69) is 91.2 Å². The zero-order valence-electron chi connectivity index (χ0n) is 5.47. The van der Waals surface area contributed by atoms with Crippen molar-refractivity contribution in [1.82, 2.24) is 0 Å². The summed E-state index contributed by atoms with van der Waals surface area (Å²) in [5, 5.41) is 0. The van der Waals surface area contributed by atoms with Crippen LogP contribution in [0, 0.1) is 0 Å². The smallest absolute Gasteiger partial charge is 0.139 e. The summed E-state index contributed by atoms with van der Waals surface area (Å²) in [6.07, 6.45) is 0. The molecular formula is C3H6BBr5Si. The van der Waals surface area contributed by atoms with Crippen LogP contribution >= 0.6 is 77.4 Å². The van der Waals surface area contributed by atoms with Gasteiger partial charge in [-0.3, -0.25) is 0 Å². The Labute approximate surface area is 103 Å². The predicted octanol–water partition coefficient (Wildman–Crippen LogP) is 4.71. The summed E-state index contributed by atoms with van der Waals surface area (Å²) in [5.74, 6) is 0. The maximum Gasteiger partial charge on any atom is 0.303 e. The van der Waals surface area contributed by atoms with Crippen molar-refractivity contribution in [3.8, 4) is 0 Å². The molecule has 0 spiro atoms. The lowest BCUT2D eigenvalue weighted by Crippen LogP contribution is -2.33. The Bertz CT molecular complexity index is 119. The van der Waals surface area contributed by atoms with Gasteiger partial charge >= 0.3 is 4.36 Å². The van der Waals surface area contributed by atoms with Crippen LogP contribution < -0.4 is 0 Å². The third kappa shape index (κ3) is 3.20. The highest BCUT2D eigenvalue weighted by Gasteiger charge is 2.47. The average Bonchev–Trinajstić information content (AvgIpc) is 1.62. The lowest BCUT2D eigenvalue weighted by molar-refractivity contribution is 0.956. The van der Waals surface area contributed by atoms with Crippen molar-refractivity contribution in [3.63, 3.8) is 0 Å². The van der Waals surface area contributed by atoms with Gasteiger partial charge in [-0.05, 0) is 4.94 Å². The Morgan fingerprint density at radius 3 is 1.40 bits per heavy atom. The molecule has 0 aliphatic carbocycles. The first-order chi connectivity index (χ1) is 4.19. The highest BCUT2D eigenvalue weighted by Crippen LogP contribution is 2.53. The van der Waals surface area contributed by atoms with Crippen molar-refractivity contribution in [3.05, 3.63) is 0 Å². The molecule has 0 bridgehead atoms. The minimum Gasteiger partial charge on any atom is -0.139 e. The third-order valence-electron chi connectivity index (χ3n) is 1.28. The standard InChI is InChI=1S/C3H6BBr5Si/c1-3(2,4(5)6)10(7,8)9/h1-2H3. The molecule has 60 valence electrons. The molecule has 0 aliphatic rings. The SMILES string of the molecule is CC(C)(B(Br)Br)[Si](Br)(Br)Br. The van der Waals surface area contributed by atoms with Crippen LogP contribution in [0.4, 0.5) is 0 Å². The summed E-state index contributed by atoms with van der Waals surface area (Å²) >= 11 is 17.8. The number of hydrogen-bond donors (Lipinski definition) is 0. The van der Waals surface area contributed by atoms with Gasteiger partial charge in [0.1, 0.15) is 0 Å². The van der Waals surface area contributed by atoms with Gasteiger partial charge in [0.2, 0.25) is 0 Å². The zero-order chi connectivity index (χ0) is 8.58. The fourth-order valence-electron chi connectivity index (χ4n) is 0.124. The highest BCUT2D eigenvalue weighted by atomic mass is 80.0. The van der Waals surface area contributed by atoms with Gasteiger partial charge in [0.05, 0.1) is 0 Å². The summed E-state index contributed by atoms with van der Waals surface area (Å²) in [6.45, 7) is 4.34. The second-order valence-electron chi connectivity index (χ2n) is 2.52. The second-order valence-corrected chi connectivity index (χ2v) is 28.1. The zero-order valence-corrected chi connectivity index (χ0v) is 14.4. The van der Waals surface area contributed by atoms with E-state index in [9.17, 15) is 0 Å². The van der Waals surface area contributed by atoms with Crippen molar-refractivity contribution >= 4 is 85.7 Å². The highest BCUT2D eigenvalue weighted by molar-refractivity contribution is 9.72. The Hall–Kier alpha value is 2.68. The van der Waals surface area contributed by atoms with E-state index < -0.39 is 3.93 Å². The maximum atomic E-state index is 3.61. The fraction of sp³-hybridized carbons (Fsp3) is 1.00. The molecule has 0 heterocycles. The molecule has 0 aromatic rings. The van der Waals surface area contributed by atoms with Crippen molar-refractivity contribution in [2.24, 2.45) is 0 Å². The second kappa shape index (κ2) is 4.26. The van der Waals surface area contributed by atoms with Gasteiger partial charge in [-0.1, -0.05) is 59.7 Å². The number of hydrogen-bond acceptors (Lipinski definition) is 0. The Morgan fingerprint density at radius 2 is 1.40 bits per heavy atom. The van der Waals surface area contributed by atoms with Gasteiger partial charge in [0, 0.05) is 0 Å². The number of halogens is 5. The molecule has 0 aromatic heterocycles. The maximum absolute atomic E-state index is 3.61.